The summed E-state index contributed by atoms with van der Waals surface area (Å²) in [5, 5.41) is 5.53. The number of amides is 2. The molecule has 5 heteroatoms. The van der Waals surface area contributed by atoms with Crippen LogP contribution in [0.25, 0.3) is 0 Å². The van der Waals surface area contributed by atoms with Gasteiger partial charge in [-0.15, -0.1) is 0 Å². The molecule has 0 unspecified atom stereocenters. The minimum absolute atomic E-state index is 0.0503. The van der Waals surface area contributed by atoms with Crippen LogP contribution in [0.1, 0.15) is 38.6 Å². The Morgan fingerprint density at radius 1 is 1.20 bits per heavy atom. The third-order valence-electron chi connectivity index (χ3n) is 2.73. The van der Waals surface area contributed by atoms with Crippen molar-refractivity contribution in [1.82, 2.24) is 15.6 Å². The van der Waals surface area contributed by atoms with Gasteiger partial charge in [-0.2, -0.15) is 0 Å². The molecule has 0 aliphatic carbocycles. The van der Waals surface area contributed by atoms with E-state index in [1.165, 1.54) is 0 Å². The fourth-order valence-electron chi connectivity index (χ4n) is 1.53. The SMILES string of the molecule is Cc1cccc(CNC(=O)CCNC(=O)C(C)(C)C)n1. The molecule has 0 spiro atoms. The molecule has 2 N–H and O–H groups in total. The van der Waals surface area contributed by atoms with E-state index in [0.29, 0.717) is 13.1 Å². The first-order valence-corrected chi connectivity index (χ1v) is 6.76. The van der Waals surface area contributed by atoms with Gasteiger partial charge in [0.25, 0.3) is 0 Å². The van der Waals surface area contributed by atoms with Crippen molar-refractivity contribution in [3.63, 3.8) is 0 Å². The largest absolute Gasteiger partial charge is 0.355 e. The van der Waals surface area contributed by atoms with Gasteiger partial charge in [-0.25, -0.2) is 0 Å². The summed E-state index contributed by atoms with van der Waals surface area (Å²) in [6.07, 6.45) is 0.271. The summed E-state index contributed by atoms with van der Waals surface area (Å²) in [4.78, 5) is 27.6. The van der Waals surface area contributed by atoms with Crippen molar-refractivity contribution in [2.75, 3.05) is 6.54 Å². The maximum absolute atomic E-state index is 11.6. The van der Waals surface area contributed by atoms with Gasteiger partial charge in [0.15, 0.2) is 0 Å². The summed E-state index contributed by atoms with van der Waals surface area (Å²) >= 11 is 0. The van der Waals surface area contributed by atoms with Crippen molar-refractivity contribution >= 4 is 11.8 Å². The van der Waals surface area contributed by atoms with Gasteiger partial charge in [-0.05, 0) is 19.1 Å². The fourth-order valence-corrected chi connectivity index (χ4v) is 1.53. The second-order valence-electron chi connectivity index (χ2n) is 5.80. The molecule has 1 heterocycles. The number of carbonyl (C=O) groups excluding carboxylic acids is 2. The van der Waals surface area contributed by atoms with Crippen LogP contribution in [-0.2, 0) is 16.1 Å². The molecule has 5 nitrogen and oxygen atoms in total. The predicted octanol–water partition coefficient (Wildman–Crippen LogP) is 1.56. The van der Waals surface area contributed by atoms with Gasteiger partial charge >= 0.3 is 0 Å². The highest BCUT2D eigenvalue weighted by Crippen LogP contribution is 2.12. The fraction of sp³-hybridized carbons (Fsp3) is 0.533. The number of aryl methyl sites for hydroxylation is 1. The molecular weight excluding hydrogens is 254 g/mol. The average molecular weight is 277 g/mol. The molecule has 0 bridgehead atoms. The van der Waals surface area contributed by atoms with E-state index in [1.807, 2.05) is 45.9 Å². The summed E-state index contributed by atoms with van der Waals surface area (Å²) < 4.78 is 0. The number of aromatic nitrogens is 1. The minimum Gasteiger partial charge on any atom is -0.355 e. The Balaban J connectivity index is 2.26. The van der Waals surface area contributed by atoms with Crippen LogP contribution in [0.3, 0.4) is 0 Å². The molecule has 0 fully saturated rings. The summed E-state index contributed by atoms with van der Waals surface area (Å²) in [7, 11) is 0. The van der Waals surface area contributed by atoms with Crippen molar-refractivity contribution in [2.45, 2.75) is 40.7 Å². The Labute approximate surface area is 120 Å². The first kappa shape index (κ1) is 16.1. The van der Waals surface area contributed by atoms with E-state index in [-0.39, 0.29) is 18.2 Å². The smallest absolute Gasteiger partial charge is 0.225 e. The highest BCUT2D eigenvalue weighted by molar-refractivity contribution is 5.82. The molecule has 1 rings (SSSR count). The van der Waals surface area contributed by atoms with Crippen molar-refractivity contribution in [2.24, 2.45) is 5.41 Å². The van der Waals surface area contributed by atoms with Crippen LogP contribution in [0, 0.1) is 12.3 Å². The summed E-state index contributed by atoms with van der Waals surface area (Å²) in [6.45, 7) is 8.19. The van der Waals surface area contributed by atoms with Gasteiger partial charge in [0.2, 0.25) is 11.8 Å². The zero-order chi connectivity index (χ0) is 15.2. The van der Waals surface area contributed by atoms with Gasteiger partial charge in [0.05, 0.1) is 12.2 Å². The van der Waals surface area contributed by atoms with Crippen molar-refractivity contribution in [3.05, 3.63) is 29.6 Å². The van der Waals surface area contributed by atoms with E-state index in [9.17, 15) is 9.59 Å². The maximum Gasteiger partial charge on any atom is 0.225 e. The average Bonchev–Trinajstić information content (AvgIpc) is 2.35. The van der Waals surface area contributed by atoms with E-state index in [0.717, 1.165) is 11.4 Å². The number of hydrogen-bond donors (Lipinski definition) is 2. The molecule has 110 valence electrons. The minimum atomic E-state index is -0.429. The Hall–Kier alpha value is -1.91. The standard InChI is InChI=1S/C15H23N3O2/c1-11-6-5-7-12(18-11)10-17-13(19)8-9-16-14(20)15(2,3)4/h5-7H,8-10H2,1-4H3,(H,16,20)(H,17,19). The molecule has 0 aromatic carbocycles. The Kier molecular flexibility index (Phi) is 5.67. The summed E-state index contributed by atoms with van der Waals surface area (Å²) in [5.74, 6) is -0.145. The number of nitrogens with one attached hydrogen (secondary N) is 2. The zero-order valence-electron chi connectivity index (χ0n) is 12.6. The summed E-state index contributed by atoms with van der Waals surface area (Å²) in [6, 6.07) is 5.69. The topological polar surface area (TPSA) is 71.1 Å². The molecule has 20 heavy (non-hydrogen) atoms. The molecule has 0 radical (unpaired) electrons. The number of nitrogens with zero attached hydrogens (tertiary/aromatic N) is 1. The third-order valence-corrected chi connectivity index (χ3v) is 2.73. The van der Waals surface area contributed by atoms with Gasteiger partial charge in [0.1, 0.15) is 0 Å². The molecular formula is C15H23N3O2. The molecule has 1 aromatic heterocycles. The van der Waals surface area contributed by atoms with Crippen LogP contribution in [-0.4, -0.2) is 23.3 Å². The van der Waals surface area contributed by atoms with Gasteiger partial charge in [-0.1, -0.05) is 26.8 Å². The lowest BCUT2D eigenvalue weighted by molar-refractivity contribution is -0.128. The molecule has 0 atom stereocenters. The van der Waals surface area contributed by atoms with Gasteiger partial charge in [-0.3, -0.25) is 14.6 Å². The number of rotatable bonds is 5. The number of carbonyl (C=O) groups is 2. The highest BCUT2D eigenvalue weighted by atomic mass is 16.2. The Morgan fingerprint density at radius 3 is 2.50 bits per heavy atom. The van der Waals surface area contributed by atoms with Crippen molar-refractivity contribution in [3.8, 4) is 0 Å². The Bertz CT molecular complexity index is 478. The van der Waals surface area contributed by atoms with Crippen LogP contribution in [0.15, 0.2) is 18.2 Å². The zero-order valence-corrected chi connectivity index (χ0v) is 12.6. The second-order valence-corrected chi connectivity index (χ2v) is 5.80. The van der Waals surface area contributed by atoms with Crippen LogP contribution in [0.5, 0.6) is 0 Å². The molecule has 0 aliphatic rings. The monoisotopic (exact) mass is 277 g/mol. The Morgan fingerprint density at radius 2 is 1.90 bits per heavy atom. The number of hydrogen-bond acceptors (Lipinski definition) is 3. The molecule has 1 aromatic rings. The van der Waals surface area contributed by atoms with E-state index in [4.69, 9.17) is 0 Å². The van der Waals surface area contributed by atoms with E-state index in [2.05, 4.69) is 15.6 Å². The lowest BCUT2D eigenvalue weighted by Crippen LogP contribution is -2.37. The lowest BCUT2D eigenvalue weighted by Gasteiger charge is -2.17. The van der Waals surface area contributed by atoms with E-state index >= 15 is 0 Å². The van der Waals surface area contributed by atoms with Crippen LogP contribution < -0.4 is 10.6 Å². The quantitative estimate of drug-likeness (QED) is 0.858. The van der Waals surface area contributed by atoms with E-state index < -0.39 is 5.41 Å². The highest BCUT2D eigenvalue weighted by Gasteiger charge is 2.20. The first-order valence-electron chi connectivity index (χ1n) is 6.76. The van der Waals surface area contributed by atoms with E-state index in [1.54, 1.807) is 0 Å². The van der Waals surface area contributed by atoms with Crippen molar-refractivity contribution < 1.29 is 9.59 Å². The molecule has 0 saturated heterocycles. The molecule has 0 aliphatic heterocycles. The lowest BCUT2D eigenvalue weighted by atomic mass is 9.96. The predicted molar refractivity (Wildman–Crippen MR) is 77.9 cm³/mol. The van der Waals surface area contributed by atoms with Crippen LogP contribution in [0.4, 0.5) is 0 Å². The third kappa shape index (κ3) is 5.82. The van der Waals surface area contributed by atoms with Crippen LogP contribution in [0.2, 0.25) is 0 Å². The van der Waals surface area contributed by atoms with Crippen LogP contribution >= 0.6 is 0 Å². The second kappa shape index (κ2) is 7.03. The molecule has 0 saturated carbocycles. The van der Waals surface area contributed by atoms with Crippen molar-refractivity contribution in [1.29, 1.82) is 0 Å². The van der Waals surface area contributed by atoms with Gasteiger partial charge in [0, 0.05) is 24.1 Å². The first-order chi connectivity index (χ1) is 9.29. The maximum atomic E-state index is 11.6. The van der Waals surface area contributed by atoms with Gasteiger partial charge < -0.3 is 10.6 Å². The summed E-state index contributed by atoms with van der Waals surface area (Å²) in [5.41, 5.74) is 1.33. The number of pyridine rings is 1. The molecule has 2 amide bonds. The normalized spacial score (nSPS) is 11.0.